The second-order valence-corrected chi connectivity index (χ2v) is 6.70. The highest BCUT2D eigenvalue weighted by Gasteiger charge is 2.21. The molecule has 1 unspecified atom stereocenters. The first-order valence-corrected chi connectivity index (χ1v) is 8.81. The minimum atomic E-state index is -1.00. The Hall–Kier alpha value is -1.67. The molecule has 3 rings (SSSR count). The molecule has 3 aromatic rings. The summed E-state index contributed by atoms with van der Waals surface area (Å²) in [6.45, 7) is 2.33. The number of hydrogen-bond acceptors (Lipinski definition) is 4. The van der Waals surface area contributed by atoms with Gasteiger partial charge in [-0.15, -0.1) is 0 Å². The van der Waals surface area contributed by atoms with E-state index in [9.17, 15) is 9.50 Å². The Labute approximate surface area is 157 Å². The van der Waals surface area contributed by atoms with Gasteiger partial charge in [-0.3, -0.25) is 0 Å². The summed E-state index contributed by atoms with van der Waals surface area (Å²) in [5, 5.41) is 13.8. The molecule has 25 heavy (non-hydrogen) atoms. The van der Waals surface area contributed by atoms with Gasteiger partial charge < -0.3 is 20.1 Å². The van der Waals surface area contributed by atoms with Crippen LogP contribution in [0.1, 0.15) is 18.6 Å². The Morgan fingerprint density at radius 2 is 2.24 bits per heavy atom. The first-order chi connectivity index (χ1) is 12.0. The van der Waals surface area contributed by atoms with Gasteiger partial charge in [0.25, 0.3) is 0 Å². The smallest absolute Gasteiger partial charge is 0.174 e. The second-order valence-electron chi connectivity index (χ2n) is 5.38. The highest BCUT2D eigenvalue weighted by molar-refractivity contribution is 9.10. The summed E-state index contributed by atoms with van der Waals surface area (Å²) in [6.07, 6.45) is 0.405. The summed E-state index contributed by atoms with van der Waals surface area (Å²) in [5.41, 5.74) is 1.68. The van der Waals surface area contributed by atoms with Crippen LogP contribution in [0.3, 0.4) is 0 Å². The van der Waals surface area contributed by atoms with Crippen LogP contribution in [0.25, 0.3) is 11.0 Å². The van der Waals surface area contributed by atoms with Gasteiger partial charge >= 0.3 is 0 Å². The second kappa shape index (κ2) is 7.70. The van der Waals surface area contributed by atoms with Crippen molar-refractivity contribution in [2.45, 2.75) is 13.0 Å². The maximum Gasteiger partial charge on any atom is 0.174 e. The third-order valence-corrected chi connectivity index (χ3v) is 4.52. The van der Waals surface area contributed by atoms with Crippen molar-refractivity contribution in [3.63, 3.8) is 0 Å². The van der Waals surface area contributed by atoms with Gasteiger partial charge in [-0.25, -0.2) is 9.37 Å². The van der Waals surface area contributed by atoms with Crippen molar-refractivity contribution in [3.05, 3.63) is 51.5 Å². The number of aromatic nitrogens is 2. The van der Waals surface area contributed by atoms with E-state index in [0.717, 1.165) is 4.47 Å². The number of H-pyrrole nitrogens is 1. The van der Waals surface area contributed by atoms with Crippen LogP contribution >= 0.6 is 27.5 Å². The van der Waals surface area contributed by atoms with Gasteiger partial charge in [0.15, 0.2) is 5.82 Å². The van der Waals surface area contributed by atoms with Crippen LogP contribution in [-0.4, -0.2) is 28.3 Å². The average Bonchev–Trinajstić information content (AvgIpc) is 3.05. The van der Waals surface area contributed by atoms with Crippen molar-refractivity contribution in [1.82, 2.24) is 9.97 Å². The van der Waals surface area contributed by atoms with E-state index < -0.39 is 11.9 Å². The van der Waals surface area contributed by atoms with E-state index in [4.69, 9.17) is 16.3 Å². The van der Waals surface area contributed by atoms with Gasteiger partial charge in [-0.1, -0.05) is 27.5 Å². The molecule has 5 nitrogen and oxygen atoms in total. The van der Waals surface area contributed by atoms with Crippen LogP contribution < -0.4 is 5.32 Å². The van der Waals surface area contributed by atoms with Crippen LogP contribution in [0.5, 0.6) is 0 Å². The fourth-order valence-corrected chi connectivity index (χ4v) is 3.22. The Balaban J connectivity index is 2.08. The molecule has 0 aliphatic heterocycles. The predicted octanol–water partition coefficient (Wildman–Crippen LogP) is 4.93. The van der Waals surface area contributed by atoms with Crippen molar-refractivity contribution in [1.29, 1.82) is 0 Å². The number of ether oxygens (including phenoxy) is 1. The molecular formula is C17H16BrClFN3O2. The fourth-order valence-electron chi connectivity index (χ4n) is 2.50. The number of nitrogens with zero attached hydrogens (tertiary/aromatic N) is 1. The lowest BCUT2D eigenvalue weighted by atomic mass is 10.0. The molecule has 0 saturated carbocycles. The van der Waals surface area contributed by atoms with Gasteiger partial charge in [-0.2, -0.15) is 0 Å². The zero-order valence-corrected chi connectivity index (χ0v) is 15.7. The number of benzene rings is 2. The summed E-state index contributed by atoms with van der Waals surface area (Å²) in [6, 6.07) is 6.87. The number of nitrogens with one attached hydrogen (secondary N) is 2. The number of fused-ring (bicyclic) bond motifs is 1. The van der Waals surface area contributed by atoms with Crippen molar-refractivity contribution >= 4 is 49.9 Å². The number of rotatable bonds is 6. The minimum Gasteiger partial charge on any atom is -0.386 e. The summed E-state index contributed by atoms with van der Waals surface area (Å²) in [4.78, 5) is 6.85. The molecule has 0 spiro atoms. The van der Waals surface area contributed by atoms with Crippen LogP contribution in [-0.2, 0) is 4.74 Å². The molecule has 3 N–H and O–H groups in total. The number of anilines is 2. The Morgan fingerprint density at radius 3 is 2.96 bits per heavy atom. The fraction of sp³-hybridized carbons (Fsp3) is 0.235. The van der Waals surface area contributed by atoms with Crippen LogP contribution in [0.15, 0.2) is 35.1 Å². The maximum absolute atomic E-state index is 15.0. The summed E-state index contributed by atoms with van der Waals surface area (Å²) < 4.78 is 21.1. The molecule has 0 saturated heterocycles. The quantitative estimate of drug-likeness (QED) is 0.520. The van der Waals surface area contributed by atoms with Crippen LogP contribution in [0.2, 0.25) is 5.02 Å². The SMILES string of the molecule is CCOCC(O)c1cc2[nH]cnc2c(F)c1Nc1ccc(Br)cc1Cl. The van der Waals surface area contributed by atoms with E-state index in [1.54, 1.807) is 24.3 Å². The highest BCUT2D eigenvalue weighted by atomic mass is 79.9. The molecule has 0 aliphatic rings. The predicted molar refractivity (Wildman–Crippen MR) is 99.9 cm³/mol. The zero-order chi connectivity index (χ0) is 18.0. The van der Waals surface area contributed by atoms with Crippen molar-refractivity contribution in [2.75, 3.05) is 18.5 Å². The largest absolute Gasteiger partial charge is 0.386 e. The summed E-state index contributed by atoms with van der Waals surface area (Å²) in [5.74, 6) is -0.566. The lowest BCUT2D eigenvalue weighted by molar-refractivity contribution is 0.0423. The molecule has 1 heterocycles. The standard InChI is InChI=1S/C17H16BrClFN3O2/c1-2-25-7-14(24)10-6-13-17(22-8-21-13)15(20)16(10)23-12-4-3-9(18)5-11(12)19/h3-6,8,14,23-24H,2,7H2,1H3,(H,21,22). The average molecular weight is 429 g/mol. The number of aromatic amines is 1. The maximum atomic E-state index is 15.0. The van der Waals surface area contributed by atoms with E-state index in [-0.39, 0.29) is 17.8 Å². The Morgan fingerprint density at radius 1 is 1.44 bits per heavy atom. The number of halogens is 3. The number of aliphatic hydroxyl groups is 1. The van der Waals surface area contributed by atoms with Gasteiger partial charge in [0.1, 0.15) is 11.6 Å². The molecule has 0 aliphatic carbocycles. The topological polar surface area (TPSA) is 70.2 Å². The van der Waals surface area contributed by atoms with E-state index in [2.05, 4.69) is 31.2 Å². The lowest BCUT2D eigenvalue weighted by Gasteiger charge is -2.18. The van der Waals surface area contributed by atoms with Crippen LogP contribution in [0, 0.1) is 5.82 Å². The van der Waals surface area contributed by atoms with Crippen LogP contribution in [0.4, 0.5) is 15.8 Å². The summed E-state index contributed by atoms with van der Waals surface area (Å²) >= 11 is 9.55. The van der Waals surface area contributed by atoms with Gasteiger partial charge in [-0.05, 0) is 31.2 Å². The number of imidazole rings is 1. The third-order valence-electron chi connectivity index (χ3n) is 3.71. The highest BCUT2D eigenvalue weighted by Crippen LogP contribution is 2.36. The number of hydrogen-bond donors (Lipinski definition) is 3. The first kappa shape index (κ1) is 18.1. The normalized spacial score (nSPS) is 12.5. The van der Waals surface area contributed by atoms with E-state index in [1.807, 2.05) is 6.92 Å². The molecule has 8 heteroatoms. The molecule has 132 valence electrons. The van der Waals surface area contributed by atoms with E-state index in [1.165, 1.54) is 6.33 Å². The first-order valence-electron chi connectivity index (χ1n) is 7.64. The van der Waals surface area contributed by atoms with E-state index in [0.29, 0.717) is 28.4 Å². The minimum absolute atomic E-state index is 0.0539. The molecule has 1 aromatic heterocycles. The monoisotopic (exact) mass is 427 g/mol. The molecule has 0 amide bonds. The Bertz CT molecular complexity index is 903. The van der Waals surface area contributed by atoms with Gasteiger partial charge in [0.05, 0.1) is 34.8 Å². The molecule has 0 fully saturated rings. The van der Waals surface area contributed by atoms with Gasteiger partial charge in [0, 0.05) is 16.6 Å². The molecule has 0 bridgehead atoms. The number of aliphatic hydroxyl groups excluding tert-OH is 1. The van der Waals surface area contributed by atoms with Crippen molar-refractivity contribution in [2.24, 2.45) is 0 Å². The Kier molecular flexibility index (Phi) is 5.58. The third kappa shape index (κ3) is 3.79. The zero-order valence-electron chi connectivity index (χ0n) is 13.3. The summed E-state index contributed by atoms with van der Waals surface area (Å²) in [7, 11) is 0. The van der Waals surface area contributed by atoms with Crippen molar-refractivity contribution < 1.29 is 14.2 Å². The molecule has 2 aromatic carbocycles. The van der Waals surface area contributed by atoms with Gasteiger partial charge in [0.2, 0.25) is 0 Å². The molecule has 1 atom stereocenters. The van der Waals surface area contributed by atoms with Crippen molar-refractivity contribution in [3.8, 4) is 0 Å². The molecular weight excluding hydrogens is 413 g/mol. The lowest BCUT2D eigenvalue weighted by Crippen LogP contribution is -2.11. The van der Waals surface area contributed by atoms with E-state index >= 15 is 0 Å². The molecule has 0 radical (unpaired) electrons.